The third-order valence-electron chi connectivity index (χ3n) is 4.72. The van der Waals surface area contributed by atoms with Gasteiger partial charge in [-0.05, 0) is 37.0 Å². The van der Waals surface area contributed by atoms with Crippen LogP contribution in [-0.2, 0) is 11.2 Å². The number of phenols is 1. The highest BCUT2D eigenvalue weighted by Gasteiger charge is 2.33. The van der Waals surface area contributed by atoms with Crippen molar-refractivity contribution in [3.8, 4) is 22.6 Å². The highest BCUT2D eigenvalue weighted by molar-refractivity contribution is 5.99. The fraction of sp³-hybridized carbons (Fsp3) is 0.409. The van der Waals surface area contributed by atoms with Crippen molar-refractivity contribution < 1.29 is 19.4 Å². The number of carbonyl (C=O) groups excluding carboxylic acids is 1. The number of rotatable bonds is 6. The zero-order valence-corrected chi connectivity index (χ0v) is 15.7. The van der Waals surface area contributed by atoms with Crippen molar-refractivity contribution in [2.75, 3.05) is 0 Å². The zero-order chi connectivity index (χ0) is 18.7. The van der Waals surface area contributed by atoms with Crippen LogP contribution >= 0.6 is 0 Å². The second-order valence-corrected chi connectivity index (χ2v) is 6.82. The number of ether oxygens (including phenoxy) is 2. The summed E-state index contributed by atoms with van der Waals surface area (Å²) in [5.74, 6) is 0.231. The van der Waals surface area contributed by atoms with Gasteiger partial charge in [0.25, 0.3) is 0 Å². The van der Waals surface area contributed by atoms with E-state index in [9.17, 15) is 9.90 Å². The number of hydrogen-bond acceptors (Lipinski definition) is 4. The Morgan fingerprint density at radius 1 is 1.08 bits per heavy atom. The largest absolute Gasteiger partial charge is 0.507 e. The summed E-state index contributed by atoms with van der Waals surface area (Å²) in [5.41, 5.74) is 3.73. The van der Waals surface area contributed by atoms with Gasteiger partial charge in [-0.3, -0.25) is 0 Å². The van der Waals surface area contributed by atoms with Crippen LogP contribution in [0, 0.1) is 6.92 Å². The van der Waals surface area contributed by atoms with E-state index in [2.05, 4.69) is 6.92 Å². The van der Waals surface area contributed by atoms with Gasteiger partial charge >= 0.3 is 5.97 Å². The lowest BCUT2D eigenvalue weighted by atomic mass is 9.92. The monoisotopic (exact) mass is 354 g/mol. The minimum absolute atomic E-state index is 0.144. The maximum absolute atomic E-state index is 12.7. The predicted octanol–water partition coefficient (Wildman–Crippen LogP) is 5.39. The highest BCUT2D eigenvalue weighted by atomic mass is 16.7. The average molecular weight is 354 g/mol. The van der Waals surface area contributed by atoms with E-state index >= 15 is 0 Å². The van der Waals surface area contributed by atoms with E-state index in [4.69, 9.17) is 9.47 Å². The van der Waals surface area contributed by atoms with Gasteiger partial charge in [-0.15, -0.1) is 0 Å². The van der Waals surface area contributed by atoms with Crippen LogP contribution in [0.1, 0.15) is 61.0 Å². The Morgan fingerprint density at radius 3 is 2.58 bits per heavy atom. The Balaban J connectivity index is 2.16. The molecule has 0 aliphatic carbocycles. The van der Waals surface area contributed by atoms with Crippen molar-refractivity contribution in [2.24, 2.45) is 0 Å². The second-order valence-electron chi connectivity index (χ2n) is 6.82. The standard InChI is InChI=1S/C22H26O4/c1-4-6-7-10-16-13-17(23)19(15-11-8-9-14(3)12-15)21-20(16)22(24)26-18(5-2)25-21/h8-9,11-13,18,23H,4-7,10H2,1-3H3. The number of hydrogen-bond donors (Lipinski definition) is 1. The van der Waals surface area contributed by atoms with Gasteiger partial charge in [-0.1, -0.05) is 56.5 Å². The Labute approximate surface area is 154 Å². The fourth-order valence-electron chi connectivity index (χ4n) is 3.38. The van der Waals surface area contributed by atoms with E-state index in [1.807, 2.05) is 38.1 Å². The van der Waals surface area contributed by atoms with Crippen LogP contribution < -0.4 is 4.74 Å². The molecule has 2 aromatic rings. The molecule has 0 aromatic heterocycles. The van der Waals surface area contributed by atoms with Gasteiger partial charge in [0, 0.05) is 6.42 Å². The van der Waals surface area contributed by atoms with Crippen LogP contribution in [0.3, 0.4) is 0 Å². The molecule has 2 aromatic carbocycles. The lowest BCUT2D eigenvalue weighted by Gasteiger charge is -2.29. The van der Waals surface area contributed by atoms with Gasteiger partial charge in [0.05, 0.1) is 5.56 Å². The minimum atomic E-state index is -0.621. The summed E-state index contributed by atoms with van der Waals surface area (Å²) in [6.07, 6.45) is 3.77. The molecule has 3 rings (SSSR count). The average Bonchev–Trinajstić information content (AvgIpc) is 2.61. The highest BCUT2D eigenvalue weighted by Crippen LogP contribution is 2.45. The van der Waals surface area contributed by atoms with E-state index in [0.29, 0.717) is 29.7 Å². The Morgan fingerprint density at radius 2 is 1.88 bits per heavy atom. The maximum Gasteiger partial charge on any atom is 0.345 e. The first-order chi connectivity index (χ1) is 12.5. The Kier molecular flexibility index (Phi) is 5.50. The first kappa shape index (κ1) is 18.3. The fourth-order valence-corrected chi connectivity index (χ4v) is 3.38. The zero-order valence-electron chi connectivity index (χ0n) is 15.7. The summed E-state index contributed by atoms with van der Waals surface area (Å²) in [5, 5.41) is 10.8. The van der Waals surface area contributed by atoms with Crippen molar-refractivity contribution in [3.05, 3.63) is 47.0 Å². The van der Waals surface area contributed by atoms with Crippen molar-refractivity contribution in [1.29, 1.82) is 0 Å². The van der Waals surface area contributed by atoms with Crippen LogP contribution in [0.15, 0.2) is 30.3 Å². The molecule has 0 bridgehead atoms. The molecule has 4 nitrogen and oxygen atoms in total. The molecule has 0 spiro atoms. The van der Waals surface area contributed by atoms with Crippen molar-refractivity contribution in [3.63, 3.8) is 0 Å². The van der Waals surface area contributed by atoms with Gasteiger partial charge in [-0.2, -0.15) is 0 Å². The molecule has 1 aliphatic heterocycles. The summed E-state index contributed by atoms with van der Waals surface area (Å²) in [7, 11) is 0. The number of carbonyl (C=O) groups is 1. The third-order valence-corrected chi connectivity index (χ3v) is 4.72. The first-order valence-corrected chi connectivity index (χ1v) is 9.38. The molecule has 1 N–H and O–H groups in total. The molecular weight excluding hydrogens is 328 g/mol. The molecule has 138 valence electrons. The summed E-state index contributed by atoms with van der Waals surface area (Å²) in [6, 6.07) is 9.53. The number of fused-ring (bicyclic) bond motifs is 1. The lowest BCUT2D eigenvalue weighted by molar-refractivity contribution is -0.0610. The number of unbranched alkanes of at least 4 members (excludes halogenated alkanes) is 2. The molecular formula is C22H26O4. The van der Waals surface area contributed by atoms with Gasteiger partial charge in [0.15, 0.2) is 0 Å². The van der Waals surface area contributed by atoms with Gasteiger partial charge < -0.3 is 14.6 Å². The minimum Gasteiger partial charge on any atom is -0.507 e. The smallest absolute Gasteiger partial charge is 0.345 e. The number of cyclic esters (lactones) is 1. The van der Waals surface area contributed by atoms with Crippen LogP contribution in [0.4, 0.5) is 0 Å². The van der Waals surface area contributed by atoms with E-state index in [1.165, 1.54) is 0 Å². The van der Waals surface area contributed by atoms with Crippen molar-refractivity contribution in [2.45, 2.75) is 59.2 Å². The normalized spacial score (nSPS) is 16.0. The van der Waals surface area contributed by atoms with E-state index in [1.54, 1.807) is 6.07 Å². The summed E-state index contributed by atoms with van der Waals surface area (Å²) in [6.45, 7) is 6.04. The maximum atomic E-state index is 12.7. The Bertz CT molecular complexity index is 810. The molecule has 26 heavy (non-hydrogen) atoms. The van der Waals surface area contributed by atoms with Crippen LogP contribution in [0.25, 0.3) is 11.1 Å². The topological polar surface area (TPSA) is 55.8 Å². The van der Waals surface area contributed by atoms with Crippen LogP contribution in [0.2, 0.25) is 0 Å². The number of aryl methyl sites for hydroxylation is 2. The summed E-state index contributed by atoms with van der Waals surface area (Å²) >= 11 is 0. The van der Waals surface area contributed by atoms with E-state index in [-0.39, 0.29) is 11.7 Å². The molecule has 1 unspecified atom stereocenters. The summed E-state index contributed by atoms with van der Waals surface area (Å²) < 4.78 is 11.4. The molecule has 0 fully saturated rings. The molecule has 1 heterocycles. The van der Waals surface area contributed by atoms with Gasteiger partial charge in [0.2, 0.25) is 6.29 Å². The number of phenolic OH excluding ortho intramolecular Hbond substituents is 1. The van der Waals surface area contributed by atoms with Crippen LogP contribution in [-0.4, -0.2) is 17.4 Å². The molecule has 4 heteroatoms. The van der Waals surface area contributed by atoms with Crippen molar-refractivity contribution in [1.82, 2.24) is 0 Å². The van der Waals surface area contributed by atoms with E-state index in [0.717, 1.165) is 36.0 Å². The molecule has 1 atom stereocenters. The number of aromatic hydroxyl groups is 1. The molecule has 0 saturated carbocycles. The molecule has 0 amide bonds. The molecule has 1 aliphatic rings. The quantitative estimate of drug-likeness (QED) is 0.558. The lowest BCUT2D eigenvalue weighted by Crippen LogP contribution is -2.30. The number of benzene rings is 2. The van der Waals surface area contributed by atoms with Gasteiger partial charge in [-0.25, -0.2) is 4.79 Å². The van der Waals surface area contributed by atoms with Crippen LogP contribution in [0.5, 0.6) is 11.5 Å². The molecule has 0 saturated heterocycles. The summed E-state index contributed by atoms with van der Waals surface area (Å²) in [4.78, 5) is 12.7. The first-order valence-electron chi connectivity index (χ1n) is 9.38. The SMILES string of the molecule is CCCCCc1cc(O)c(-c2cccc(C)c2)c2c1C(=O)OC(CC)O2. The van der Waals surface area contributed by atoms with Crippen molar-refractivity contribution >= 4 is 5.97 Å². The van der Waals surface area contributed by atoms with E-state index < -0.39 is 6.29 Å². The van der Waals surface area contributed by atoms with Gasteiger partial charge in [0.1, 0.15) is 17.1 Å². The Hall–Kier alpha value is -2.49. The third kappa shape index (κ3) is 3.55. The predicted molar refractivity (Wildman–Crippen MR) is 102 cm³/mol. The number of esters is 1. The second kappa shape index (κ2) is 7.81. The molecule has 0 radical (unpaired) electrons.